The summed E-state index contributed by atoms with van der Waals surface area (Å²) < 4.78 is 6.56. The van der Waals surface area contributed by atoms with Crippen LogP contribution in [0.15, 0.2) is 45.1 Å². The maximum absolute atomic E-state index is 11.7. The fraction of sp³-hybridized carbons (Fsp3) is 0.333. The Bertz CT molecular complexity index is 554. The van der Waals surface area contributed by atoms with Crippen LogP contribution in [0.3, 0.4) is 0 Å². The predicted molar refractivity (Wildman–Crippen MR) is 69.1 cm³/mol. The zero-order valence-corrected chi connectivity index (χ0v) is 11.5. The molecule has 2 aromatic rings. The van der Waals surface area contributed by atoms with E-state index < -0.39 is 0 Å². The summed E-state index contributed by atoms with van der Waals surface area (Å²) in [5.74, 6) is 0.169. The molecular formula is C12H14N4O2S. The van der Waals surface area contributed by atoms with Gasteiger partial charge < -0.3 is 5.11 Å². The van der Waals surface area contributed by atoms with Crippen LogP contribution in [0.5, 0.6) is 0 Å². The van der Waals surface area contributed by atoms with Crippen LogP contribution in [0.4, 0.5) is 5.88 Å². The molecule has 0 unspecified atom stereocenters. The average Bonchev–Trinajstić information content (AvgIpc) is 2.86. The lowest BCUT2D eigenvalue weighted by atomic mass is 10.4. The van der Waals surface area contributed by atoms with E-state index in [1.165, 1.54) is 11.8 Å². The van der Waals surface area contributed by atoms with Crippen molar-refractivity contribution in [3.05, 3.63) is 30.6 Å². The van der Waals surface area contributed by atoms with Crippen LogP contribution in [0, 0.1) is 0 Å². The first kappa shape index (κ1) is 13.5. The zero-order valence-electron chi connectivity index (χ0n) is 10.7. The van der Waals surface area contributed by atoms with E-state index in [1.807, 2.05) is 32.0 Å². The van der Waals surface area contributed by atoms with Gasteiger partial charge in [-0.1, -0.05) is 6.07 Å². The van der Waals surface area contributed by atoms with Crippen molar-refractivity contribution < 1.29 is 14.3 Å². The van der Waals surface area contributed by atoms with Crippen molar-refractivity contribution in [2.75, 3.05) is 5.75 Å². The molecule has 0 aliphatic heterocycles. The van der Waals surface area contributed by atoms with Gasteiger partial charge in [0.1, 0.15) is 0 Å². The van der Waals surface area contributed by atoms with Gasteiger partial charge in [-0.3, -0.25) is 4.52 Å². The Kier molecular flexibility index (Phi) is 4.51. The lowest BCUT2D eigenvalue weighted by molar-refractivity contribution is -0.779. The Morgan fingerprint density at radius 2 is 2.37 bits per heavy atom. The van der Waals surface area contributed by atoms with Crippen molar-refractivity contribution in [1.29, 1.82) is 0 Å². The molecule has 0 radical (unpaired) electrons. The highest BCUT2D eigenvalue weighted by molar-refractivity contribution is 7.99. The van der Waals surface area contributed by atoms with Gasteiger partial charge in [-0.2, -0.15) is 0 Å². The first-order chi connectivity index (χ1) is 9.15. The summed E-state index contributed by atoms with van der Waals surface area (Å²) in [5.41, 5.74) is 0. The summed E-state index contributed by atoms with van der Waals surface area (Å²) in [6, 6.07) is 5.72. The molecule has 0 spiro atoms. The highest BCUT2D eigenvalue weighted by Crippen LogP contribution is 2.14. The van der Waals surface area contributed by atoms with Crippen LogP contribution in [0.25, 0.3) is 0 Å². The number of hydrogen-bond donors (Lipinski definition) is 0. The van der Waals surface area contributed by atoms with Crippen molar-refractivity contribution in [2.45, 2.75) is 24.9 Å². The molecule has 0 saturated carbocycles. The molecule has 19 heavy (non-hydrogen) atoms. The molecule has 0 aliphatic rings. The third kappa shape index (κ3) is 4.06. The Morgan fingerprint density at radius 3 is 3.00 bits per heavy atom. The number of rotatable bonds is 5. The van der Waals surface area contributed by atoms with Crippen LogP contribution in [-0.2, 0) is 0 Å². The lowest BCUT2D eigenvalue weighted by Gasteiger charge is -2.07. The lowest BCUT2D eigenvalue weighted by Crippen LogP contribution is -2.36. The average molecular weight is 278 g/mol. The molecule has 0 aromatic carbocycles. The van der Waals surface area contributed by atoms with Crippen molar-refractivity contribution in [2.24, 2.45) is 4.99 Å². The van der Waals surface area contributed by atoms with Gasteiger partial charge in [-0.05, 0) is 36.6 Å². The fourth-order valence-corrected chi connectivity index (χ4v) is 1.91. The van der Waals surface area contributed by atoms with Crippen molar-refractivity contribution in [3.63, 3.8) is 0 Å². The summed E-state index contributed by atoms with van der Waals surface area (Å²) in [5, 5.41) is 16.2. The van der Waals surface area contributed by atoms with Crippen molar-refractivity contribution in [3.8, 4) is 0 Å². The second-order valence-corrected chi connectivity index (χ2v) is 5.07. The van der Waals surface area contributed by atoms with Gasteiger partial charge in [0, 0.05) is 11.9 Å². The number of aromatic nitrogens is 3. The SMILES string of the molecule is CC(C)[n+]1cc(/N=C(\[O-])CSc2ccccn2)on1. The molecule has 0 bridgehead atoms. The van der Waals surface area contributed by atoms with Gasteiger partial charge in [0.05, 0.1) is 5.03 Å². The third-order valence-electron chi connectivity index (χ3n) is 2.22. The Balaban J connectivity index is 1.95. The molecule has 0 atom stereocenters. The van der Waals surface area contributed by atoms with E-state index in [2.05, 4.69) is 15.2 Å². The van der Waals surface area contributed by atoms with E-state index in [-0.39, 0.29) is 23.6 Å². The van der Waals surface area contributed by atoms with Gasteiger partial charge in [0.25, 0.3) is 6.20 Å². The molecule has 0 fully saturated rings. The monoisotopic (exact) mass is 278 g/mol. The van der Waals surface area contributed by atoms with E-state index in [4.69, 9.17) is 4.52 Å². The minimum Gasteiger partial charge on any atom is -0.861 e. The quantitative estimate of drug-likeness (QED) is 0.354. The molecular weight excluding hydrogens is 264 g/mol. The van der Waals surface area contributed by atoms with Crippen LogP contribution >= 0.6 is 11.8 Å². The first-order valence-corrected chi connectivity index (χ1v) is 6.80. The summed E-state index contributed by atoms with van der Waals surface area (Å²) in [6.07, 6.45) is 3.29. The Labute approximate surface area is 115 Å². The molecule has 0 aliphatic carbocycles. The molecule has 2 aromatic heterocycles. The minimum absolute atomic E-state index is 0.172. The van der Waals surface area contributed by atoms with E-state index >= 15 is 0 Å². The van der Waals surface area contributed by atoms with Crippen LogP contribution in [0.1, 0.15) is 19.9 Å². The number of pyridine rings is 1. The molecule has 0 amide bonds. The van der Waals surface area contributed by atoms with E-state index in [0.717, 1.165) is 5.03 Å². The number of aliphatic imine (C=N–C) groups is 1. The number of thioether (sulfide) groups is 1. The first-order valence-electron chi connectivity index (χ1n) is 5.81. The molecule has 7 heteroatoms. The van der Waals surface area contributed by atoms with E-state index in [9.17, 15) is 5.11 Å². The predicted octanol–water partition coefficient (Wildman–Crippen LogP) is 1.12. The van der Waals surface area contributed by atoms with Crippen LogP contribution in [-0.4, -0.2) is 21.9 Å². The maximum atomic E-state index is 11.7. The van der Waals surface area contributed by atoms with Crippen molar-refractivity contribution in [1.82, 2.24) is 10.3 Å². The Hall–Kier alpha value is -1.89. The molecule has 2 rings (SSSR count). The van der Waals surface area contributed by atoms with E-state index in [1.54, 1.807) is 17.1 Å². The topological polar surface area (TPSA) is 78.2 Å². The highest BCUT2D eigenvalue weighted by atomic mass is 32.2. The zero-order chi connectivity index (χ0) is 13.7. The summed E-state index contributed by atoms with van der Waals surface area (Å²) in [4.78, 5) is 7.95. The second kappa shape index (κ2) is 6.33. The summed E-state index contributed by atoms with van der Waals surface area (Å²) in [6.45, 7) is 3.93. The summed E-state index contributed by atoms with van der Waals surface area (Å²) in [7, 11) is 0. The smallest absolute Gasteiger partial charge is 0.320 e. The van der Waals surface area contributed by atoms with Gasteiger partial charge >= 0.3 is 5.88 Å². The molecule has 2 heterocycles. The standard InChI is InChI=1S/C12H14N4O2S/c1-9(2)16-7-11(18-15-16)14-10(17)8-19-12-5-3-4-6-13-12/h3-7,9H,8H2,1-2H3. The minimum atomic E-state index is -0.275. The summed E-state index contributed by atoms with van der Waals surface area (Å²) >= 11 is 1.34. The molecule has 0 saturated heterocycles. The highest BCUT2D eigenvalue weighted by Gasteiger charge is 2.13. The normalized spacial score (nSPS) is 12.1. The second-order valence-electron chi connectivity index (χ2n) is 4.08. The Morgan fingerprint density at radius 1 is 1.53 bits per heavy atom. The molecule has 0 N–H and O–H groups in total. The number of hydrogen-bond acceptors (Lipinski definition) is 6. The maximum Gasteiger partial charge on any atom is 0.320 e. The largest absolute Gasteiger partial charge is 0.861 e. The third-order valence-corrected chi connectivity index (χ3v) is 3.15. The molecule has 6 nitrogen and oxygen atoms in total. The van der Waals surface area contributed by atoms with Gasteiger partial charge in [0.15, 0.2) is 6.04 Å². The van der Waals surface area contributed by atoms with Crippen LogP contribution < -0.4 is 9.79 Å². The van der Waals surface area contributed by atoms with Crippen molar-refractivity contribution >= 4 is 23.5 Å². The van der Waals surface area contributed by atoms with Gasteiger partial charge in [-0.25, -0.2) is 9.98 Å². The van der Waals surface area contributed by atoms with E-state index in [0.29, 0.717) is 0 Å². The molecule has 100 valence electrons. The van der Waals surface area contributed by atoms with Crippen LogP contribution in [0.2, 0.25) is 0 Å². The van der Waals surface area contributed by atoms with Gasteiger partial charge in [0.2, 0.25) is 5.27 Å². The van der Waals surface area contributed by atoms with Gasteiger partial charge in [-0.15, -0.1) is 11.8 Å². The number of nitrogens with zero attached hydrogens (tertiary/aromatic N) is 4. The fourth-order valence-electron chi connectivity index (χ4n) is 1.27.